The molecule has 1 amide bonds. The van der Waals surface area contributed by atoms with Crippen molar-refractivity contribution in [2.45, 2.75) is 26.7 Å². The first-order chi connectivity index (χ1) is 12.0. The van der Waals surface area contributed by atoms with Gasteiger partial charge in [0.2, 0.25) is 5.95 Å². The Labute approximate surface area is 147 Å². The molecule has 0 radical (unpaired) electrons. The number of rotatable bonds is 3. The molecule has 1 aromatic carbocycles. The Kier molecular flexibility index (Phi) is 4.94. The van der Waals surface area contributed by atoms with Crippen molar-refractivity contribution >= 4 is 17.5 Å². The van der Waals surface area contributed by atoms with E-state index in [-0.39, 0.29) is 5.91 Å². The minimum absolute atomic E-state index is 0.276. The summed E-state index contributed by atoms with van der Waals surface area (Å²) in [6.45, 7) is 5.96. The van der Waals surface area contributed by atoms with Gasteiger partial charge in [0.25, 0.3) is 5.91 Å². The monoisotopic (exact) mass is 335 g/mol. The van der Waals surface area contributed by atoms with Gasteiger partial charge in [-0.15, -0.1) is 0 Å². The minimum atomic E-state index is -0.276. The quantitative estimate of drug-likeness (QED) is 0.932. The van der Waals surface area contributed by atoms with Crippen molar-refractivity contribution < 1.29 is 4.79 Å². The SMILES string of the molecule is Cc1cc(C(=O)Nc2ccc(C#N)cc2)nc(N2CCC(C)CC2)n1. The molecule has 1 N–H and O–H groups in total. The van der Waals surface area contributed by atoms with E-state index in [0.717, 1.165) is 37.5 Å². The van der Waals surface area contributed by atoms with Crippen LogP contribution >= 0.6 is 0 Å². The van der Waals surface area contributed by atoms with Crippen molar-refractivity contribution in [3.8, 4) is 6.07 Å². The molecule has 0 spiro atoms. The molecule has 1 aliphatic rings. The van der Waals surface area contributed by atoms with Crippen molar-refractivity contribution in [1.29, 1.82) is 5.26 Å². The van der Waals surface area contributed by atoms with Gasteiger partial charge in [-0.25, -0.2) is 9.97 Å². The molecule has 0 saturated carbocycles. The fourth-order valence-corrected chi connectivity index (χ4v) is 2.84. The highest BCUT2D eigenvalue weighted by Gasteiger charge is 2.20. The van der Waals surface area contributed by atoms with Crippen LogP contribution in [0.1, 0.15) is 41.5 Å². The number of nitriles is 1. The Balaban J connectivity index is 1.76. The number of aryl methyl sites for hydroxylation is 1. The summed E-state index contributed by atoms with van der Waals surface area (Å²) in [5.74, 6) is 1.07. The number of carbonyl (C=O) groups excluding carboxylic acids is 1. The first kappa shape index (κ1) is 16.9. The average molecular weight is 335 g/mol. The lowest BCUT2D eigenvalue weighted by atomic mass is 10.00. The molecule has 2 aromatic rings. The largest absolute Gasteiger partial charge is 0.341 e. The third kappa shape index (κ3) is 4.13. The van der Waals surface area contributed by atoms with Crippen molar-refractivity contribution in [2.24, 2.45) is 5.92 Å². The first-order valence-electron chi connectivity index (χ1n) is 8.47. The van der Waals surface area contributed by atoms with Gasteiger partial charge < -0.3 is 10.2 Å². The van der Waals surface area contributed by atoms with Crippen molar-refractivity contribution in [3.05, 3.63) is 47.3 Å². The molecule has 2 heterocycles. The van der Waals surface area contributed by atoms with Crippen molar-refractivity contribution in [1.82, 2.24) is 9.97 Å². The molecule has 0 atom stereocenters. The van der Waals surface area contributed by atoms with Crippen LogP contribution in [0.15, 0.2) is 30.3 Å². The maximum absolute atomic E-state index is 12.5. The summed E-state index contributed by atoms with van der Waals surface area (Å²) in [7, 11) is 0. The van der Waals surface area contributed by atoms with E-state index in [4.69, 9.17) is 5.26 Å². The summed E-state index contributed by atoms with van der Waals surface area (Å²) in [6, 6.07) is 10.5. The van der Waals surface area contributed by atoms with Gasteiger partial charge in [-0.3, -0.25) is 4.79 Å². The summed E-state index contributed by atoms with van der Waals surface area (Å²) >= 11 is 0. The maximum atomic E-state index is 12.5. The number of benzene rings is 1. The Bertz CT molecular complexity index is 802. The average Bonchev–Trinajstić information content (AvgIpc) is 2.62. The fraction of sp³-hybridized carbons (Fsp3) is 0.368. The van der Waals surface area contributed by atoms with Gasteiger partial charge in [0.1, 0.15) is 5.69 Å². The standard InChI is InChI=1S/C19H21N5O/c1-13-7-9-24(10-8-13)19-21-14(2)11-17(23-19)18(25)22-16-5-3-15(12-20)4-6-16/h3-6,11,13H,7-10H2,1-2H3,(H,22,25). The number of hydrogen-bond acceptors (Lipinski definition) is 5. The van der Waals surface area contributed by atoms with E-state index < -0.39 is 0 Å². The third-order valence-corrected chi connectivity index (χ3v) is 4.41. The number of aromatic nitrogens is 2. The second kappa shape index (κ2) is 7.31. The van der Waals surface area contributed by atoms with E-state index >= 15 is 0 Å². The number of amides is 1. The van der Waals surface area contributed by atoms with Gasteiger partial charge in [-0.1, -0.05) is 6.92 Å². The molecular formula is C19H21N5O. The number of nitrogens with zero attached hydrogens (tertiary/aromatic N) is 4. The van der Waals surface area contributed by atoms with E-state index in [9.17, 15) is 4.79 Å². The van der Waals surface area contributed by atoms with Gasteiger partial charge in [-0.2, -0.15) is 5.26 Å². The Morgan fingerprint density at radius 2 is 1.92 bits per heavy atom. The van der Waals surface area contributed by atoms with Gasteiger partial charge in [0.05, 0.1) is 11.6 Å². The highest BCUT2D eigenvalue weighted by Crippen LogP contribution is 2.21. The van der Waals surface area contributed by atoms with Crippen LogP contribution in [0.2, 0.25) is 0 Å². The number of piperidine rings is 1. The fourth-order valence-electron chi connectivity index (χ4n) is 2.84. The minimum Gasteiger partial charge on any atom is -0.341 e. The summed E-state index contributed by atoms with van der Waals surface area (Å²) < 4.78 is 0. The van der Waals surface area contributed by atoms with Crippen molar-refractivity contribution in [2.75, 3.05) is 23.3 Å². The van der Waals surface area contributed by atoms with Gasteiger partial charge >= 0.3 is 0 Å². The molecule has 25 heavy (non-hydrogen) atoms. The van der Waals surface area contributed by atoms with E-state index in [2.05, 4.69) is 33.2 Å². The zero-order valence-corrected chi connectivity index (χ0v) is 14.5. The van der Waals surface area contributed by atoms with Crippen LogP contribution in [-0.4, -0.2) is 29.0 Å². The first-order valence-corrected chi connectivity index (χ1v) is 8.47. The summed E-state index contributed by atoms with van der Waals surface area (Å²) in [5.41, 5.74) is 2.31. The molecule has 1 saturated heterocycles. The van der Waals surface area contributed by atoms with Gasteiger partial charge in [0, 0.05) is 24.5 Å². The van der Waals surface area contributed by atoms with Crippen LogP contribution in [0.3, 0.4) is 0 Å². The van der Waals surface area contributed by atoms with Crippen LogP contribution in [-0.2, 0) is 0 Å². The molecule has 1 aliphatic heterocycles. The third-order valence-electron chi connectivity index (χ3n) is 4.41. The predicted octanol–water partition coefficient (Wildman–Crippen LogP) is 3.15. The lowest BCUT2D eigenvalue weighted by Crippen LogP contribution is -2.34. The second-order valence-electron chi connectivity index (χ2n) is 6.51. The molecule has 0 bridgehead atoms. The summed E-state index contributed by atoms with van der Waals surface area (Å²) in [6.07, 6.45) is 2.23. The van der Waals surface area contributed by atoms with Crippen LogP contribution in [0.25, 0.3) is 0 Å². The van der Waals surface area contributed by atoms with Crippen LogP contribution in [0.5, 0.6) is 0 Å². The van der Waals surface area contributed by atoms with E-state index in [1.54, 1.807) is 30.3 Å². The van der Waals surface area contributed by atoms with Crippen molar-refractivity contribution in [3.63, 3.8) is 0 Å². The highest BCUT2D eigenvalue weighted by atomic mass is 16.1. The molecule has 0 aliphatic carbocycles. The summed E-state index contributed by atoms with van der Waals surface area (Å²) in [5, 5.41) is 11.6. The van der Waals surface area contributed by atoms with E-state index in [1.807, 2.05) is 6.92 Å². The van der Waals surface area contributed by atoms with E-state index in [1.165, 1.54) is 0 Å². The predicted molar refractivity (Wildman–Crippen MR) is 96.5 cm³/mol. The molecule has 6 nitrogen and oxygen atoms in total. The number of nitrogens with one attached hydrogen (secondary N) is 1. The topological polar surface area (TPSA) is 81.9 Å². The van der Waals surface area contributed by atoms with Gasteiger partial charge in [-0.05, 0) is 56.0 Å². The lowest BCUT2D eigenvalue weighted by Gasteiger charge is -2.30. The number of hydrogen-bond donors (Lipinski definition) is 1. The van der Waals surface area contributed by atoms with Crippen LogP contribution < -0.4 is 10.2 Å². The molecule has 1 fully saturated rings. The molecule has 0 unspecified atom stereocenters. The summed E-state index contributed by atoms with van der Waals surface area (Å²) in [4.78, 5) is 23.6. The lowest BCUT2D eigenvalue weighted by molar-refractivity contribution is 0.102. The molecule has 6 heteroatoms. The Morgan fingerprint density at radius 3 is 2.56 bits per heavy atom. The Hall–Kier alpha value is -2.94. The molecule has 3 rings (SSSR count). The number of carbonyl (C=O) groups is 1. The smallest absolute Gasteiger partial charge is 0.274 e. The molecule has 1 aromatic heterocycles. The highest BCUT2D eigenvalue weighted by molar-refractivity contribution is 6.03. The molecule has 128 valence electrons. The zero-order chi connectivity index (χ0) is 17.8. The second-order valence-corrected chi connectivity index (χ2v) is 6.51. The molecular weight excluding hydrogens is 314 g/mol. The zero-order valence-electron chi connectivity index (χ0n) is 14.5. The Morgan fingerprint density at radius 1 is 1.24 bits per heavy atom. The van der Waals surface area contributed by atoms with Crippen LogP contribution in [0.4, 0.5) is 11.6 Å². The van der Waals surface area contributed by atoms with Gasteiger partial charge in [0.15, 0.2) is 0 Å². The van der Waals surface area contributed by atoms with E-state index in [0.29, 0.717) is 22.9 Å². The number of anilines is 2. The normalized spacial score (nSPS) is 14.8. The maximum Gasteiger partial charge on any atom is 0.274 e. The van der Waals surface area contributed by atoms with Crippen LogP contribution in [0, 0.1) is 24.2 Å².